The molecule has 0 aliphatic heterocycles. The molecule has 5 heteroatoms. The van der Waals surface area contributed by atoms with Gasteiger partial charge >= 0.3 is 0 Å². The average molecular weight is 300 g/mol. The van der Waals surface area contributed by atoms with Gasteiger partial charge in [0.2, 0.25) is 5.91 Å². The first-order valence-electron chi connectivity index (χ1n) is 7.97. The van der Waals surface area contributed by atoms with Gasteiger partial charge in [-0.3, -0.25) is 4.79 Å². The molecule has 1 aliphatic rings. The lowest BCUT2D eigenvalue weighted by Gasteiger charge is -2.37. The molecule has 2 atom stereocenters. The number of imidazole rings is 1. The number of nitrogens with one attached hydrogen (secondary N) is 1. The van der Waals surface area contributed by atoms with Crippen molar-refractivity contribution in [2.75, 3.05) is 0 Å². The highest BCUT2D eigenvalue weighted by molar-refractivity contribution is 5.80. The molecule has 1 aliphatic carbocycles. The van der Waals surface area contributed by atoms with Crippen molar-refractivity contribution in [2.45, 2.75) is 51.6 Å². The zero-order chi connectivity index (χ0) is 15.7. The second-order valence-corrected chi connectivity index (χ2v) is 6.65. The molecule has 1 amide bonds. The van der Waals surface area contributed by atoms with E-state index in [0.717, 1.165) is 42.7 Å². The Labute approximate surface area is 130 Å². The molecule has 5 nitrogen and oxygen atoms in total. The van der Waals surface area contributed by atoms with Gasteiger partial charge in [-0.25, -0.2) is 4.98 Å². The predicted molar refractivity (Wildman–Crippen MR) is 86.3 cm³/mol. The van der Waals surface area contributed by atoms with Gasteiger partial charge in [-0.2, -0.15) is 0 Å². The Balaban J connectivity index is 1.68. The van der Waals surface area contributed by atoms with Gasteiger partial charge in [0, 0.05) is 17.4 Å². The van der Waals surface area contributed by atoms with Crippen LogP contribution in [0.4, 0.5) is 0 Å². The monoisotopic (exact) mass is 300 g/mol. The van der Waals surface area contributed by atoms with E-state index >= 15 is 0 Å². The first-order valence-corrected chi connectivity index (χ1v) is 7.97. The highest BCUT2D eigenvalue weighted by atomic mass is 16.1. The van der Waals surface area contributed by atoms with Gasteiger partial charge in [-0.1, -0.05) is 18.9 Å². The molecule has 0 saturated heterocycles. The summed E-state index contributed by atoms with van der Waals surface area (Å²) >= 11 is 0. The highest BCUT2D eigenvalue weighted by Gasteiger charge is 2.37. The van der Waals surface area contributed by atoms with E-state index in [9.17, 15) is 4.79 Å². The minimum Gasteiger partial charge on any atom is -0.350 e. The first kappa shape index (κ1) is 15.0. The summed E-state index contributed by atoms with van der Waals surface area (Å²) in [5.41, 5.74) is 8.81. The fourth-order valence-corrected chi connectivity index (χ4v) is 3.37. The number of pyridine rings is 1. The number of nitrogens with two attached hydrogens (primary N) is 1. The fraction of sp³-hybridized carbons (Fsp3) is 0.529. The average Bonchev–Trinajstić information content (AvgIpc) is 2.89. The minimum absolute atomic E-state index is 0.0541. The molecule has 118 valence electrons. The molecule has 0 aromatic carbocycles. The van der Waals surface area contributed by atoms with E-state index in [2.05, 4.69) is 10.3 Å². The maximum atomic E-state index is 12.4. The van der Waals surface area contributed by atoms with Crippen molar-refractivity contribution in [1.29, 1.82) is 0 Å². The van der Waals surface area contributed by atoms with E-state index in [1.54, 1.807) is 0 Å². The quantitative estimate of drug-likeness (QED) is 0.912. The number of nitrogens with zero attached hydrogens (tertiary/aromatic N) is 2. The molecule has 2 unspecified atom stereocenters. The zero-order valence-corrected chi connectivity index (χ0v) is 13.3. The summed E-state index contributed by atoms with van der Waals surface area (Å²) in [4.78, 5) is 17.0. The summed E-state index contributed by atoms with van der Waals surface area (Å²) in [6.07, 6.45) is 5.97. The molecule has 22 heavy (non-hydrogen) atoms. The normalized spacial score (nSPS) is 25.3. The van der Waals surface area contributed by atoms with Crippen molar-refractivity contribution in [3.8, 4) is 0 Å². The third-order valence-electron chi connectivity index (χ3n) is 4.76. The number of aromatic nitrogens is 2. The molecule has 2 heterocycles. The number of carbonyl (C=O) groups is 1. The van der Waals surface area contributed by atoms with Crippen molar-refractivity contribution < 1.29 is 4.79 Å². The van der Waals surface area contributed by atoms with E-state index < -0.39 is 5.54 Å². The van der Waals surface area contributed by atoms with Crippen molar-refractivity contribution >= 4 is 11.6 Å². The second-order valence-electron chi connectivity index (χ2n) is 6.65. The summed E-state index contributed by atoms with van der Waals surface area (Å²) in [5, 5.41) is 3.01. The number of aryl methyl sites for hydroxylation is 1. The second kappa shape index (κ2) is 5.72. The van der Waals surface area contributed by atoms with Crippen LogP contribution in [0.3, 0.4) is 0 Å². The molecular formula is C17H24N4O. The van der Waals surface area contributed by atoms with E-state index in [1.165, 1.54) is 0 Å². The van der Waals surface area contributed by atoms with Crippen LogP contribution in [-0.4, -0.2) is 20.8 Å². The van der Waals surface area contributed by atoms with E-state index in [1.807, 2.05) is 42.6 Å². The van der Waals surface area contributed by atoms with Crippen LogP contribution >= 0.6 is 0 Å². The smallest absolute Gasteiger partial charge is 0.225 e. The standard InChI is InChI=1S/C17H24N4O/c1-12-6-5-8-15-20-13(11-21(12)15)10-19-16(22)14-7-3-4-9-17(14,2)18/h5-6,8,11,14H,3-4,7,9-10,18H2,1-2H3,(H,19,22). The van der Waals surface area contributed by atoms with Crippen LogP contribution < -0.4 is 11.1 Å². The zero-order valence-electron chi connectivity index (χ0n) is 13.3. The molecule has 0 bridgehead atoms. The van der Waals surface area contributed by atoms with Gasteiger partial charge in [0.25, 0.3) is 0 Å². The van der Waals surface area contributed by atoms with Gasteiger partial charge < -0.3 is 15.5 Å². The molecular weight excluding hydrogens is 276 g/mol. The predicted octanol–water partition coefficient (Wildman–Crippen LogP) is 2.17. The van der Waals surface area contributed by atoms with Crippen molar-refractivity contribution in [2.24, 2.45) is 11.7 Å². The number of hydrogen-bond acceptors (Lipinski definition) is 3. The number of amides is 1. The number of fused-ring (bicyclic) bond motifs is 1. The van der Waals surface area contributed by atoms with Crippen LogP contribution in [0, 0.1) is 12.8 Å². The van der Waals surface area contributed by atoms with Gasteiger partial charge in [0.05, 0.1) is 18.2 Å². The Bertz CT molecular complexity index is 689. The molecule has 3 rings (SSSR count). The lowest BCUT2D eigenvalue weighted by Crippen LogP contribution is -2.52. The minimum atomic E-state index is -0.391. The summed E-state index contributed by atoms with van der Waals surface area (Å²) in [6.45, 7) is 4.48. The van der Waals surface area contributed by atoms with Gasteiger partial charge in [0.1, 0.15) is 5.65 Å². The lowest BCUT2D eigenvalue weighted by atomic mass is 9.74. The molecule has 0 spiro atoms. The van der Waals surface area contributed by atoms with E-state index in [0.29, 0.717) is 6.54 Å². The Kier molecular flexibility index (Phi) is 3.91. The highest BCUT2D eigenvalue weighted by Crippen LogP contribution is 2.31. The first-order chi connectivity index (χ1) is 10.5. The summed E-state index contributed by atoms with van der Waals surface area (Å²) in [7, 11) is 0. The van der Waals surface area contributed by atoms with Crippen LogP contribution in [-0.2, 0) is 11.3 Å². The molecule has 1 saturated carbocycles. The molecule has 2 aromatic rings. The number of hydrogen-bond donors (Lipinski definition) is 2. The largest absolute Gasteiger partial charge is 0.350 e. The van der Waals surface area contributed by atoms with Crippen LogP contribution in [0.5, 0.6) is 0 Å². The topological polar surface area (TPSA) is 72.4 Å². The number of carbonyl (C=O) groups excluding carboxylic acids is 1. The fourth-order valence-electron chi connectivity index (χ4n) is 3.37. The Hall–Kier alpha value is -1.88. The van der Waals surface area contributed by atoms with Gasteiger partial charge in [-0.05, 0) is 38.8 Å². The Morgan fingerprint density at radius 1 is 1.50 bits per heavy atom. The third-order valence-corrected chi connectivity index (χ3v) is 4.76. The van der Waals surface area contributed by atoms with Crippen LogP contribution in [0.25, 0.3) is 5.65 Å². The van der Waals surface area contributed by atoms with Crippen molar-refractivity contribution in [3.05, 3.63) is 35.8 Å². The van der Waals surface area contributed by atoms with E-state index in [-0.39, 0.29) is 11.8 Å². The summed E-state index contributed by atoms with van der Waals surface area (Å²) in [5.74, 6) is -0.0431. The molecule has 1 fully saturated rings. The molecule has 0 radical (unpaired) electrons. The number of rotatable bonds is 3. The van der Waals surface area contributed by atoms with Crippen LogP contribution in [0.2, 0.25) is 0 Å². The maximum absolute atomic E-state index is 12.4. The van der Waals surface area contributed by atoms with Crippen molar-refractivity contribution in [1.82, 2.24) is 14.7 Å². The van der Waals surface area contributed by atoms with Crippen LogP contribution in [0.15, 0.2) is 24.4 Å². The van der Waals surface area contributed by atoms with Gasteiger partial charge in [-0.15, -0.1) is 0 Å². The lowest BCUT2D eigenvalue weighted by molar-refractivity contribution is -0.128. The maximum Gasteiger partial charge on any atom is 0.225 e. The summed E-state index contributed by atoms with van der Waals surface area (Å²) in [6, 6.07) is 6.00. The third kappa shape index (κ3) is 2.86. The van der Waals surface area contributed by atoms with Crippen molar-refractivity contribution in [3.63, 3.8) is 0 Å². The van der Waals surface area contributed by atoms with Crippen LogP contribution in [0.1, 0.15) is 44.0 Å². The Morgan fingerprint density at radius 3 is 3.05 bits per heavy atom. The summed E-state index contributed by atoms with van der Waals surface area (Å²) < 4.78 is 2.04. The van der Waals surface area contributed by atoms with E-state index in [4.69, 9.17) is 5.73 Å². The SMILES string of the molecule is Cc1cccc2nc(CNC(=O)C3CCCCC3(C)N)cn12. The Morgan fingerprint density at radius 2 is 2.32 bits per heavy atom. The molecule has 3 N–H and O–H groups in total. The van der Waals surface area contributed by atoms with Gasteiger partial charge in [0.15, 0.2) is 0 Å². The molecule has 2 aromatic heterocycles.